The van der Waals surface area contributed by atoms with Crippen molar-refractivity contribution in [1.82, 2.24) is 4.90 Å². The van der Waals surface area contributed by atoms with E-state index in [4.69, 9.17) is 4.74 Å². The van der Waals surface area contributed by atoms with Gasteiger partial charge in [0.2, 0.25) is 0 Å². The molecule has 2 aromatic carbocycles. The molecule has 6 nitrogen and oxygen atoms in total. The minimum absolute atomic E-state index is 0.0233. The van der Waals surface area contributed by atoms with E-state index in [0.717, 1.165) is 17.2 Å². The Morgan fingerprint density at radius 2 is 1.81 bits per heavy atom. The molecule has 0 amide bonds. The normalized spacial score (nSPS) is 11.0. The number of rotatable bonds is 8. The van der Waals surface area contributed by atoms with Crippen LogP contribution in [0, 0.1) is 17.0 Å². The van der Waals surface area contributed by atoms with Gasteiger partial charge in [-0.3, -0.25) is 15.0 Å². The maximum Gasteiger partial charge on any atom is 0.387 e. The Kier molecular flexibility index (Phi) is 6.46. The molecule has 0 atom stereocenters. The second-order valence-electron chi connectivity index (χ2n) is 5.87. The number of benzene rings is 2. The number of alkyl halides is 2. The van der Waals surface area contributed by atoms with E-state index in [1.807, 2.05) is 43.1 Å². The molecule has 2 aromatic rings. The summed E-state index contributed by atoms with van der Waals surface area (Å²) < 4.78 is 34.4. The van der Waals surface area contributed by atoms with Gasteiger partial charge in [-0.1, -0.05) is 24.3 Å². The van der Waals surface area contributed by atoms with Crippen LogP contribution >= 0.6 is 0 Å². The van der Waals surface area contributed by atoms with Crippen molar-refractivity contribution in [2.75, 3.05) is 14.2 Å². The van der Waals surface area contributed by atoms with Crippen LogP contribution in [0.3, 0.4) is 0 Å². The Bertz CT molecular complexity index is 784. The number of nitrogens with zero attached hydrogens (tertiary/aromatic N) is 2. The minimum Gasteiger partial charge on any atom is -0.493 e. The first-order valence-electron chi connectivity index (χ1n) is 7.85. The summed E-state index contributed by atoms with van der Waals surface area (Å²) in [6, 6.07) is 10.2. The molecule has 0 radical (unpaired) electrons. The first-order chi connectivity index (χ1) is 12.3. The summed E-state index contributed by atoms with van der Waals surface area (Å²) in [6.45, 7) is -0.277. The van der Waals surface area contributed by atoms with Crippen LogP contribution in [0.1, 0.15) is 16.7 Å². The third-order valence-electron chi connectivity index (χ3n) is 3.92. The zero-order valence-electron chi connectivity index (χ0n) is 14.7. The molecular formula is C18H20F2N2O4. The van der Waals surface area contributed by atoms with Crippen LogP contribution in [0.2, 0.25) is 0 Å². The summed E-state index contributed by atoms with van der Waals surface area (Å²) in [5.74, 6) is -0.338. The highest BCUT2D eigenvalue weighted by atomic mass is 19.3. The molecule has 8 heteroatoms. The molecule has 0 saturated heterocycles. The van der Waals surface area contributed by atoms with Crippen molar-refractivity contribution >= 4 is 5.69 Å². The van der Waals surface area contributed by atoms with Crippen LogP contribution in [0.4, 0.5) is 14.5 Å². The first kappa shape index (κ1) is 19.6. The van der Waals surface area contributed by atoms with Gasteiger partial charge >= 0.3 is 6.61 Å². The third-order valence-corrected chi connectivity index (χ3v) is 3.92. The second kappa shape index (κ2) is 8.57. The Morgan fingerprint density at radius 1 is 1.15 bits per heavy atom. The van der Waals surface area contributed by atoms with Crippen LogP contribution in [-0.4, -0.2) is 30.6 Å². The zero-order valence-corrected chi connectivity index (χ0v) is 14.7. The van der Waals surface area contributed by atoms with Crippen molar-refractivity contribution in [3.05, 3.63) is 63.2 Å². The molecule has 0 aliphatic carbocycles. The number of aryl methyl sites for hydroxylation is 1. The van der Waals surface area contributed by atoms with Gasteiger partial charge in [-0.15, -0.1) is 0 Å². The van der Waals surface area contributed by atoms with Crippen LogP contribution in [0.5, 0.6) is 11.5 Å². The zero-order chi connectivity index (χ0) is 19.3. The number of methoxy groups -OCH3 is 1. The van der Waals surface area contributed by atoms with E-state index < -0.39 is 11.5 Å². The van der Waals surface area contributed by atoms with Crippen LogP contribution in [-0.2, 0) is 13.1 Å². The van der Waals surface area contributed by atoms with Crippen molar-refractivity contribution in [2.24, 2.45) is 0 Å². The van der Waals surface area contributed by atoms with Crippen molar-refractivity contribution in [2.45, 2.75) is 26.6 Å². The van der Waals surface area contributed by atoms with E-state index in [9.17, 15) is 18.9 Å². The van der Waals surface area contributed by atoms with Crippen LogP contribution in [0.25, 0.3) is 0 Å². The highest BCUT2D eigenvalue weighted by molar-refractivity contribution is 5.54. The SMILES string of the molecule is COc1cc(CN(C)Cc2ccccc2C)c([N+](=O)[O-])cc1OC(F)F. The Labute approximate surface area is 150 Å². The Balaban J connectivity index is 2.29. The third kappa shape index (κ3) is 4.89. The fourth-order valence-corrected chi connectivity index (χ4v) is 2.66. The smallest absolute Gasteiger partial charge is 0.387 e. The van der Waals surface area contributed by atoms with Gasteiger partial charge in [0.1, 0.15) is 0 Å². The van der Waals surface area contributed by atoms with Crippen molar-refractivity contribution in [1.29, 1.82) is 0 Å². The van der Waals surface area contributed by atoms with Gasteiger partial charge in [0, 0.05) is 18.7 Å². The topological polar surface area (TPSA) is 64.8 Å². The molecule has 0 unspecified atom stereocenters. The van der Waals surface area contributed by atoms with E-state index >= 15 is 0 Å². The van der Waals surface area contributed by atoms with Gasteiger partial charge in [0.15, 0.2) is 11.5 Å². The standard InChI is InChI=1S/C18H20F2N2O4/c1-12-6-4-5-7-13(12)10-21(2)11-14-8-16(25-3)17(26-18(19)20)9-15(14)22(23)24/h4-9,18H,10-11H2,1-3H3. The predicted octanol–water partition coefficient (Wildman–Crippen LogP) is 4.15. The molecule has 0 saturated carbocycles. The van der Waals surface area contributed by atoms with Crippen molar-refractivity contribution in [3.8, 4) is 11.5 Å². The summed E-state index contributed by atoms with van der Waals surface area (Å²) >= 11 is 0. The fourth-order valence-electron chi connectivity index (χ4n) is 2.66. The second-order valence-corrected chi connectivity index (χ2v) is 5.87. The molecular weight excluding hydrogens is 346 g/mol. The lowest BCUT2D eigenvalue weighted by Gasteiger charge is -2.19. The van der Waals surface area contributed by atoms with Gasteiger partial charge in [0.25, 0.3) is 5.69 Å². The number of hydrogen-bond acceptors (Lipinski definition) is 5. The van der Waals surface area contributed by atoms with E-state index in [0.29, 0.717) is 12.1 Å². The molecule has 0 bridgehead atoms. The van der Waals surface area contributed by atoms with E-state index in [-0.39, 0.29) is 23.7 Å². The number of halogens is 2. The van der Waals surface area contributed by atoms with Crippen LogP contribution < -0.4 is 9.47 Å². The van der Waals surface area contributed by atoms with Crippen molar-refractivity contribution < 1.29 is 23.2 Å². The summed E-state index contributed by atoms with van der Waals surface area (Å²) in [6.07, 6.45) is 0. The maximum absolute atomic E-state index is 12.5. The molecule has 0 aromatic heterocycles. The molecule has 0 N–H and O–H groups in total. The minimum atomic E-state index is -3.10. The number of nitro groups is 1. The summed E-state index contributed by atoms with van der Waals surface area (Å²) in [7, 11) is 3.12. The number of hydrogen-bond donors (Lipinski definition) is 0. The fraction of sp³-hybridized carbons (Fsp3) is 0.333. The lowest BCUT2D eigenvalue weighted by atomic mass is 10.1. The predicted molar refractivity (Wildman–Crippen MR) is 92.6 cm³/mol. The quantitative estimate of drug-likeness (QED) is 0.519. The lowest BCUT2D eigenvalue weighted by Crippen LogP contribution is -2.19. The van der Waals surface area contributed by atoms with E-state index in [2.05, 4.69) is 4.74 Å². The highest BCUT2D eigenvalue weighted by Gasteiger charge is 2.22. The van der Waals surface area contributed by atoms with Gasteiger partial charge in [-0.2, -0.15) is 8.78 Å². The molecule has 2 rings (SSSR count). The van der Waals surface area contributed by atoms with Gasteiger partial charge in [-0.05, 0) is 31.2 Å². The Hall–Kier alpha value is -2.74. The average molecular weight is 366 g/mol. The summed E-state index contributed by atoms with van der Waals surface area (Å²) in [5.41, 5.74) is 2.28. The summed E-state index contributed by atoms with van der Waals surface area (Å²) in [5, 5.41) is 11.4. The first-order valence-corrected chi connectivity index (χ1v) is 7.85. The van der Waals surface area contributed by atoms with Crippen LogP contribution in [0.15, 0.2) is 36.4 Å². The lowest BCUT2D eigenvalue weighted by molar-refractivity contribution is -0.385. The molecule has 26 heavy (non-hydrogen) atoms. The average Bonchev–Trinajstić information content (AvgIpc) is 2.57. The molecule has 0 heterocycles. The molecule has 0 fully saturated rings. The number of ether oxygens (including phenoxy) is 2. The monoisotopic (exact) mass is 366 g/mol. The van der Waals surface area contributed by atoms with E-state index in [1.54, 1.807) is 0 Å². The molecule has 140 valence electrons. The number of nitro benzene ring substituents is 1. The maximum atomic E-state index is 12.5. The highest BCUT2D eigenvalue weighted by Crippen LogP contribution is 2.36. The molecule has 0 aliphatic heterocycles. The molecule has 0 aliphatic rings. The van der Waals surface area contributed by atoms with Gasteiger partial charge in [0.05, 0.1) is 18.1 Å². The van der Waals surface area contributed by atoms with Gasteiger partial charge < -0.3 is 9.47 Å². The Morgan fingerprint density at radius 3 is 2.38 bits per heavy atom. The largest absolute Gasteiger partial charge is 0.493 e. The van der Waals surface area contributed by atoms with Gasteiger partial charge in [-0.25, -0.2) is 0 Å². The van der Waals surface area contributed by atoms with E-state index in [1.165, 1.54) is 13.2 Å². The molecule has 0 spiro atoms. The summed E-state index contributed by atoms with van der Waals surface area (Å²) in [4.78, 5) is 12.6. The van der Waals surface area contributed by atoms with Crippen molar-refractivity contribution in [3.63, 3.8) is 0 Å².